The molecule has 168 valence electrons. The molecule has 0 radical (unpaired) electrons. The fraction of sp³-hybridized carbons (Fsp3) is 0.276. The van der Waals surface area contributed by atoms with E-state index in [1.807, 2.05) is 54.6 Å². The van der Waals surface area contributed by atoms with Crippen LogP contribution in [0.1, 0.15) is 36.0 Å². The molecule has 4 heteroatoms. The van der Waals surface area contributed by atoms with Crippen molar-refractivity contribution < 1.29 is 9.90 Å². The summed E-state index contributed by atoms with van der Waals surface area (Å²) >= 11 is 0. The first-order valence-corrected chi connectivity index (χ1v) is 11.6. The van der Waals surface area contributed by atoms with E-state index in [0.717, 1.165) is 23.2 Å². The third-order valence-electron chi connectivity index (χ3n) is 7.66. The lowest BCUT2D eigenvalue weighted by Crippen LogP contribution is -2.47. The van der Waals surface area contributed by atoms with Gasteiger partial charge in [0.2, 0.25) is 0 Å². The van der Waals surface area contributed by atoms with Crippen molar-refractivity contribution in [3.8, 4) is 0 Å². The predicted octanol–water partition coefficient (Wildman–Crippen LogP) is 5.43. The van der Waals surface area contributed by atoms with E-state index in [-0.39, 0.29) is 17.9 Å². The van der Waals surface area contributed by atoms with Gasteiger partial charge in [-0.3, -0.25) is 9.69 Å². The van der Waals surface area contributed by atoms with Crippen LogP contribution >= 0.6 is 0 Å². The first kappa shape index (κ1) is 21.5. The zero-order valence-electron chi connectivity index (χ0n) is 18.9. The molecule has 4 unspecified atom stereocenters. The first-order valence-electron chi connectivity index (χ1n) is 11.6. The summed E-state index contributed by atoms with van der Waals surface area (Å²) in [6.45, 7) is 3.44. The molecule has 0 amide bonds. The minimum atomic E-state index is -0.912. The average molecular weight is 439 g/mol. The maximum atomic E-state index is 13.3. The molecule has 1 saturated heterocycles. The largest absolute Gasteiger partial charge is 0.481 e. The Morgan fingerprint density at radius 3 is 2.39 bits per heavy atom. The van der Waals surface area contributed by atoms with E-state index in [1.165, 1.54) is 5.56 Å². The molecule has 1 aliphatic heterocycles. The molecule has 3 N–H and O–H groups in total. The number of allylic oxidation sites excluding steroid dienone is 1. The first-order chi connectivity index (χ1) is 16.0. The summed E-state index contributed by atoms with van der Waals surface area (Å²) < 4.78 is 0. The number of likely N-dealkylation sites (tertiary alicyclic amines) is 1. The molecule has 0 spiro atoms. The van der Waals surface area contributed by atoms with Gasteiger partial charge in [0.1, 0.15) is 0 Å². The summed E-state index contributed by atoms with van der Waals surface area (Å²) in [4.78, 5) is 15.6. The van der Waals surface area contributed by atoms with E-state index in [2.05, 4.69) is 48.2 Å². The summed E-state index contributed by atoms with van der Waals surface area (Å²) in [7, 11) is 0. The lowest BCUT2D eigenvalue weighted by molar-refractivity contribution is -0.151. The number of benzene rings is 3. The van der Waals surface area contributed by atoms with Gasteiger partial charge in [0, 0.05) is 36.7 Å². The summed E-state index contributed by atoms with van der Waals surface area (Å²) in [5.41, 5.74) is 10.4. The van der Waals surface area contributed by atoms with Crippen LogP contribution in [-0.4, -0.2) is 28.6 Å². The Morgan fingerprint density at radius 1 is 1.03 bits per heavy atom. The highest BCUT2D eigenvalue weighted by Gasteiger charge is 2.62. The Bertz CT molecular complexity index is 1170. The zero-order valence-corrected chi connectivity index (χ0v) is 18.9. The van der Waals surface area contributed by atoms with E-state index in [9.17, 15) is 9.90 Å². The van der Waals surface area contributed by atoms with Crippen LogP contribution < -0.4 is 5.73 Å². The fourth-order valence-electron chi connectivity index (χ4n) is 6.17. The number of carboxylic acid groups (broad SMARTS) is 1. The molecular weight excluding hydrogens is 408 g/mol. The quantitative estimate of drug-likeness (QED) is 0.521. The lowest BCUT2D eigenvalue weighted by atomic mass is 9.57. The van der Waals surface area contributed by atoms with Crippen molar-refractivity contribution >= 4 is 17.2 Å². The van der Waals surface area contributed by atoms with Crippen LogP contribution in [0.3, 0.4) is 0 Å². The second-order valence-electron chi connectivity index (χ2n) is 9.44. The molecule has 5 rings (SSSR count). The van der Waals surface area contributed by atoms with E-state index >= 15 is 0 Å². The summed E-state index contributed by atoms with van der Waals surface area (Å²) in [6, 6.07) is 28.5. The van der Waals surface area contributed by atoms with E-state index in [0.29, 0.717) is 18.7 Å². The van der Waals surface area contributed by atoms with Crippen molar-refractivity contribution in [2.75, 3.05) is 12.3 Å². The van der Waals surface area contributed by atoms with Crippen LogP contribution in [0.25, 0.3) is 5.57 Å². The number of nitrogens with two attached hydrogens (primary N) is 1. The second kappa shape index (κ2) is 8.53. The van der Waals surface area contributed by atoms with Gasteiger partial charge in [0.15, 0.2) is 0 Å². The van der Waals surface area contributed by atoms with Crippen molar-refractivity contribution in [3.05, 3.63) is 108 Å². The number of carboxylic acids is 1. The molecule has 33 heavy (non-hydrogen) atoms. The van der Waals surface area contributed by atoms with Gasteiger partial charge in [-0.1, -0.05) is 78.9 Å². The molecule has 2 aliphatic rings. The maximum Gasteiger partial charge on any atom is 0.312 e. The number of aliphatic carboxylic acids is 1. The molecule has 4 atom stereocenters. The number of fused-ring (bicyclic) bond motifs is 1. The van der Waals surface area contributed by atoms with Crippen LogP contribution in [0.5, 0.6) is 0 Å². The number of rotatable bonds is 5. The van der Waals surface area contributed by atoms with Gasteiger partial charge in [-0.25, -0.2) is 0 Å². The molecule has 4 nitrogen and oxygen atoms in total. The van der Waals surface area contributed by atoms with E-state index in [1.54, 1.807) is 0 Å². The number of anilines is 1. The van der Waals surface area contributed by atoms with Crippen LogP contribution in [0.2, 0.25) is 0 Å². The van der Waals surface area contributed by atoms with Crippen LogP contribution in [0.4, 0.5) is 5.69 Å². The lowest BCUT2D eigenvalue weighted by Gasteiger charge is -2.43. The third kappa shape index (κ3) is 3.65. The second-order valence-corrected chi connectivity index (χ2v) is 9.44. The molecule has 3 aromatic rings. The van der Waals surface area contributed by atoms with E-state index < -0.39 is 11.4 Å². The molecule has 3 aromatic carbocycles. The number of nitrogen functional groups attached to an aromatic ring is 1. The highest BCUT2D eigenvalue weighted by Crippen LogP contribution is 2.59. The van der Waals surface area contributed by atoms with Crippen molar-refractivity contribution in [1.29, 1.82) is 0 Å². The highest BCUT2D eigenvalue weighted by atomic mass is 16.4. The van der Waals surface area contributed by atoms with E-state index in [4.69, 9.17) is 5.73 Å². The minimum absolute atomic E-state index is 0.0699. The van der Waals surface area contributed by atoms with Gasteiger partial charge in [0.05, 0.1) is 5.41 Å². The predicted molar refractivity (Wildman–Crippen MR) is 133 cm³/mol. The minimum Gasteiger partial charge on any atom is -0.481 e. The number of nitrogens with zero attached hydrogens (tertiary/aromatic N) is 1. The zero-order chi connectivity index (χ0) is 23.0. The number of carbonyl (C=O) groups is 1. The number of hydrogen-bond donors (Lipinski definition) is 2. The van der Waals surface area contributed by atoms with Crippen molar-refractivity contribution in [1.82, 2.24) is 4.90 Å². The highest BCUT2D eigenvalue weighted by molar-refractivity contribution is 5.85. The van der Waals surface area contributed by atoms with Gasteiger partial charge < -0.3 is 10.8 Å². The summed E-state index contributed by atoms with van der Waals surface area (Å²) in [5, 5.41) is 10.9. The van der Waals surface area contributed by atoms with Gasteiger partial charge in [-0.15, -0.1) is 0 Å². The standard InChI is InChI=1S/C29H30N2O2/c1-20-27-25(23-13-8-14-24(30)17-23)15-16-26(22-11-6-3-7-12-22)29(27,28(32)33)19-31(20)18-21-9-4-2-5-10-21/h2-15,17,20,26-27H,16,18-19,30H2,1H3,(H,32,33). The molecule has 0 saturated carbocycles. The normalized spacial score (nSPS) is 27.1. The van der Waals surface area contributed by atoms with Crippen molar-refractivity contribution in [2.45, 2.75) is 31.8 Å². The topological polar surface area (TPSA) is 66.6 Å². The Balaban J connectivity index is 1.65. The Kier molecular flexibility index (Phi) is 5.55. The molecule has 1 fully saturated rings. The van der Waals surface area contributed by atoms with Crippen LogP contribution in [-0.2, 0) is 11.3 Å². The Labute approximate surface area is 195 Å². The van der Waals surface area contributed by atoms with Gasteiger partial charge >= 0.3 is 5.97 Å². The maximum absolute atomic E-state index is 13.3. The van der Waals surface area contributed by atoms with Crippen molar-refractivity contribution in [2.24, 2.45) is 11.3 Å². The number of hydrogen-bond acceptors (Lipinski definition) is 3. The van der Waals surface area contributed by atoms with Gasteiger partial charge in [-0.05, 0) is 47.7 Å². The van der Waals surface area contributed by atoms with Crippen molar-refractivity contribution in [3.63, 3.8) is 0 Å². The fourth-order valence-corrected chi connectivity index (χ4v) is 6.17. The van der Waals surface area contributed by atoms with Crippen LogP contribution in [0, 0.1) is 11.3 Å². The summed E-state index contributed by atoms with van der Waals surface area (Å²) in [5.74, 6) is -0.938. The third-order valence-corrected chi connectivity index (χ3v) is 7.66. The molecule has 0 aromatic heterocycles. The smallest absolute Gasteiger partial charge is 0.312 e. The Morgan fingerprint density at radius 2 is 1.73 bits per heavy atom. The SMILES string of the molecule is CC1C2C(c3cccc(N)c3)=CCC(c3ccccc3)C2(C(=O)O)CN1Cc1ccccc1. The monoisotopic (exact) mass is 438 g/mol. The summed E-state index contributed by atoms with van der Waals surface area (Å²) in [6.07, 6.45) is 2.96. The Hall–Kier alpha value is -3.37. The molecule has 0 bridgehead atoms. The molecular formula is C29H30N2O2. The molecule has 1 aliphatic carbocycles. The van der Waals surface area contributed by atoms with Gasteiger partial charge in [0.25, 0.3) is 0 Å². The molecule has 1 heterocycles. The van der Waals surface area contributed by atoms with Gasteiger partial charge in [-0.2, -0.15) is 0 Å². The average Bonchev–Trinajstić information content (AvgIpc) is 3.13. The van der Waals surface area contributed by atoms with Crippen LogP contribution in [0.15, 0.2) is 91.0 Å².